The minimum Gasteiger partial charge on any atom is -0.381 e. The molecule has 1 aliphatic rings. The number of likely N-dealkylation sites (tertiary alicyclic amines) is 1. The van der Waals surface area contributed by atoms with E-state index in [1.165, 1.54) is 0 Å². The first kappa shape index (κ1) is 13.8. The van der Waals surface area contributed by atoms with Crippen molar-refractivity contribution in [3.8, 4) is 0 Å². The first-order chi connectivity index (χ1) is 7.51. The molecule has 1 rings (SSSR count). The molecule has 1 atom stereocenters. The van der Waals surface area contributed by atoms with E-state index in [0.29, 0.717) is 18.2 Å². The van der Waals surface area contributed by atoms with Crippen LogP contribution in [0, 0.1) is 11.3 Å². The van der Waals surface area contributed by atoms with Gasteiger partial charge in [-0.2, -0.15) is 0 Å². The smallest absolute Gasteiger partial charge is 0.223 e. The molecule has 1 aliphatic heterocycles. The molecule has 0 unspecified atom stereocenters. The van der Waals surface area contributed by atoms with Crippen molar-refractivity contribution in [1.82, 2.24) is 4.90 Å². The molecule has 1 saturated heterocycles. The summed E-state index contributed by atoms with van der Waals surface area (Å²) >= 11 is 5.59. The fraction of sp³-hybridized carbons (Fsp3) is 0.917. The molecule has 16 heavy (non-hydrogen) atoms. The van der Waals surface area contributed by atoms with Gasteiger partial charge >= 0.3 is 0 Å². The van der Waals surface area contributed by atoms with E-state index in [4.69, 9.17) is 16.3 Å². The number of carbonyl (C=O) groups is 1. The van der Waals surface area contributed by atoms with Gasteiger partial charge in [-0.1, -0.05) is 13.8 Å². The standard InChI is InChI=1S/C12H22ClNO2/c1-4-16-8-10-7-14(9-12(10,2)3)11(15)5-6-13/h10H,4-9H2,1-3H3/t10-/m1/s1. The summed E-state index contributed by atoms with van der Waals surface area (Å²) in [5.74, 6) is 1.01. The van der Waals surface area contributed by atoms with Crippen molar-refractivity contribution >= 4 is 17.5 Å². The van der Waals surface area contributed by atoms with Crippen molar-refractivity contribution in [1.29, 1.82) is 0 Å². The number of carbonyl (C=O) groups excluding carboxylic acids is 1. The van der Waals surface area contributed by atoms with Gasteiger partial charge in [0.15, 0.2) is 0 Å². The van der Waals surface area contributed by atoms with Crippen LogP contribution in [-0.4, -0.2) is 43.0 Å². The molecular formula is C12H22ClNO2. The maximum atomic E-state index is 11.8. The summed E-state index contributed by atoms with van der Waals surface area (Å²) in [6.45, 7) is 9.51. The second-order valence-electron chi connectivity index (χ2n) is 5.06. The van der Waals surface area contributed by atoms with Crippen molar-refractivity contribution < 1.29 is 9.53 Å². The van der Waals surface area contributed by atoms with Gasteiger partial charge in [-0.25, -0.2) is 0 Å². The summed E-state index contributed by atoms with van der Waals surface area (Å²) in [7, 11) is 0. The molecule has 0 aromatic rings. The molecule has 0 aromatic carbocycles. The second kappa shape index (κ2) is 5.87. The van der Waals surface area contributed by atoms with E-state index in [2.05, 4.69) is 13.8 Å². The average Bonchev–Trinajstić information content (AvgIpc) is 2.51. The lowest BCUT2D eigenvalue weighted by atomic mass is 9.83. The highest BCUT2D eigenvalue weighted by molar-refractivity contribution is 6.18. The largest absolute Gasteiger partial charge is 0.381 e. The fourth-order valence-corrected chi connectivity index (χ4v) is 2.33. The van der Waals surface area contributed by atoms with Crippen molar-refractivity contribution in [3.05, 3.63) is 0 Å². The topological polar surface area (TPSA) is 29.5 Å². The van der Waals surface area contributed by atoms with Gasteiger partial charge < -0.3 is 9.64 Å². The predicted molar refractivity (Wildman–Crippen MR) is 65.7 cm³/mol. The van der Waals surface area contributed by atoms with Gasteiger partial charge in [0, 0.05) is 37.9 Å². The van der Waals surface area contributed by atoms with Gasteiger partial charge in [0.05, 0.1) is 6.61 Å². The third-order valence-electron chi connectivity index (χ3n) is 3.33. The Morgan fingerprint density at radius 2 is 2.25 bits per heavy atom. The summed E-state index contributed by atoms with van der Waals surface area (Å²) in [6.07, 6.45) is 0.443. The highest BCUT2D eigenvalue weighted by Gasteiger charge is 2.40. The van der Waals surface area contributed by atoms with Crippen molar-refractivity contribution in [2.24, 2.45) is 11.3 Å². The fourth-order valence-electron chi connectivity index (χ4n) is 2.17. The molecular weight excluding hydrogens is 226 g/mol. The van der Waals surface area contributed by atoms with Gasteiger partial charge in [-0.15, -0.1) is 11.6 Å². The Bertz CT molecular complexity index is 243. The molecule has 0 spiro atoms. The molecule has 1 amide bonds. The Balaban J connectivity index is 2.53. The van der Waals surface area contributed by atoms with Gasteiger partial charge in [0.1, 0.15) is 0 Å². The minimum absolute atomic E-state index is 0.150. The Morgan fingerprint density at radius 1 is 1.56 bits per heavy atom. The Labute approximate surface area is 103 Å². The van der Waals surface area contributed by atoms with Crippen LogP contribution >= 0.6 is 11.6 Å². The van der Waals surface area contributed by atoms with E-state index in [0.717, 1.165) is 26.3 Å². The zero-order chi connectivity index (χ0) is 12.2. The lowest BCUT2D eigenvalue weighted by Gasteiger charge is -2.24. The second-order valence-corrected chi connectivity index (χ2v) is 5.44. The molecule has 0 radical (unpaired) electrons. The molecule has 0 aromatic heterocycles. The number of hydrogen-bond acceptors (Lipinski definition) is 2. The monoisotopic (exact) mass is 247 g/mol. The molecule has 1 heterocycles. The number of nitrogens with zero attached hydrogens (tertiary/aromatic N) is 1. The first-order valence-electron chi connectivity index (χ1n) is 5.92. The lowest BCUT2D eigenvalue weighted by Crippen LogP contribution is -2.30. The minimum atomic E-state index is 0.150. The van der Waals surface area contributed by atoms with Crippen LogP contribution in [0.2, 0.25) is 0 Å². The Kier molecular flexibility index (Phi) is 5.06. The van der Waals surface area contributed by atoms with E-state index in [-0.39, 0.29) is 11.3 Å². The molecule has 1 fully saturated rings. The predicted octanol–water partition coefficient (Wildman–Crippen LogP) is 2.14. The number of alkyl halides is 1. The number of amides is 1. The molecule has 0 saturated carbocycles. The third-order valence-corrected chi connectivity index (χ3v) is 3.52. The zero-order valence-corrected chi connectivity index (χ0v) is 11.2. The highest BCUT2D eigenvalue weighted by atomic mass is 35.5. The van der Waals surface area contributed by atoms with Gasteiger partial charge in [0.25, 0.3) is 0 Å². The Morgan fingerprint density at radius 3 is 2.81 bits per heavy atom. The van der Waals surface area contributed by atoms with E-state index in [1.807, 2.05) is 11.8 Å². The van der Waals surface area contributed by atoms with Crippen LogP contribution in [0.15, 0.2) is 0 Å². The normalized spacial score (nSPS) is 23.8. The summed E-state index contributed by atoms with van der Waals surface area (Å²) in [4.78, 5) is 13.7. The van der Waals surface area contributed by atoms with Crippen LogP contribution in [0.4, 0.5) is 0 Å². The molecule has 3 nitrogen and oxygen atoms in total. The van der Waals surface area contributed by atoms with Crippen LogP contribution in [0.25, 0.3) is 0 Å². The molecule has 94 valence electrons. The molecule has 0 aliphatic carbocycles. The first-order valence-corrected chi connectivity index (χ1v) is 6.46. The summed E-state index contributed by atoms with van der Waals surface area (Å²) in [5, 5.41) is 0. The van der Waals surface area contributed by atoms with E-state index in [1.54, 1.807) is 0 Å². The maximum Gasteiger partial charge on any atom is 0.223 e. The summed E-state index contributed by atoms with van der Waals surface area (Å²) in [6, 6.07) is 0. The third kappa shape index (κ3) is 3.36. The average molecular weight is 248 g/mol. The van der Waals surface area contributed by atoms with Gasteiger partial charge in [-0.3, -0.25) is 4.79 Å². The van der Waals surface area contributed by atoms with Crippen molar-refractivity contribution in [3.63, 3.8) is 0 Å². The van der Waals surface area contributed by atoms with Crippen molar-refractivity contribution in [2.45, 2.75) is 27.2 Å². The van der Waals surface area contributed by atoms with Crippen LogP contribution in [0.1, 0.15) is 27.2 Å². The van der Waals surface area contributed by atoms with Crippen molar-refractivity contribution in [2.75, 3.05) is 32.2 Å². The number of rotatable bonds is 5. The number of halogens is 1. The Hall–Kier alpha value is -0.280. The van der Waals surface area contributed by atoms with Crippen LogP contribution in [-0.2, 0) is 9.53 Å². The molecule has 0 bridgehead atoms. The number of hydrogen-bond donors (Lipinski definition) is 0. The van der Waals surface area contributed by atoms with Gasteiger partial charge in [-0.05, 0) is 12.3 Å². The van der Waals surface area contributed by atoms with E-state index >= 15 is 0 Å². The van der Waals surface area contributed by atoms with Crippen LogP contribution < -0.4 is 0 Å². The summed E-state index contributed by atoms with van der Waals surface area (Å²) < 4.78 is 5.48. The maximum absolute atomic E-state index is 11.8. The zero-order valence-electron chi connectivity index (χ0n) is 10.5. The highest BCUT2D eigenvalue weighted by Crippen LogP contribution is 2.35. The van der Waals surface area contributed by atoms with Crippen LogP contribution in [0.5, 0.6) is 0 Å². The van der Waals surface area contributed by atoms with Gasteiger partial charge in [0.2, 0.25) is 5.91 Å². The quantitative estimate of drug-likeness (QED) is 0.697. The van der Waals surface area contributed by atoms with E-state index < -0.39 is 0 Å². The summed E-state index contributed by atoms with van der Waals surface area (Å²) in [5.41, 5.74) is 0.150. The number of ether oxygens (including phenoxy) is 1. The lowest BCUT2D eigenvalue weighted by molar-refractivity contribution is -0.130. The van der Waals surface area contributed by atoms with Crippen LogP contribution in [0.3, 0.4) is 0 Å². The van der Waals surface area contributed by atoms with E-state index in [9.17, 15) is 4.79 Å². The molecule has 4 heteroatoms. The molecule has 0 N–H and O–H groups in total. The SMILES string of the molecule is CCOC[C@H]1CN(C(=O)CCCl)CC1(C)C.